The van der Waals surface area contributed by atoms with Gasteiger partial charge in [-0.25, -0.2) is 5.43 Å². The van der Waals surface area contributed by atoms with Gasteiger partial charge in [0.2, 0.25) is 0 Å². The van der Waals surface area contributed by atoms with Gasteiger partial charge in [-0.05, 0) is 37.6 Å². The van der Waals surface area contributed by atoms with Crippen LogP contribution in [-0.4, -0.2) is 11.6 Å². The van der Waals surface area contributed by atoms with Crippen molar-refractivity contribution in [3.63, 3.8) is 0 Å². The molecule has 2 aromatic rings. The number of rotatable bonds is 5. The average molecular weight is 247 g/mol. The fourth-order valence-electron chi connectivity index (χ4n) is 1.79. The molecule has 0 saturated carbocycles. The van der Waals surface area contributed by atoms with Crippen molar-refractivity contribution in [3.8, 4) is 5.75 Å². The van der Waals surface area contributed by atoms with E-state index in [0.29, 0.717) is 6.61 Å². The first-order chi connectivity index (χ1) is 8.74. The summed E-state index contributed by atoms with van der Waals surface area (Å²) in [6, 6.07) is 5.47. The van der Waals surface area contributed by atoms with E-state index in [9.17, 15) is 0 Å². The van der Waals surface area contributed by atoms with Gasteiger partial charge >= 0.3 is 0 Å². The number of ether oxygens (including phenoxy) is 1. The Bertz CT molecular complexity index is 510. The third-order valence-corrected chi connectivity index (χ3v) is 2.59. The van der Waals surface area contributed by atoms with Gasteiger partial charge in [-0.15, -0.1) is 0 Å². The maximum Gasteiger partial charge on any atom is 0.137 e. The monoisotopic (exact) mass is 247 g/mol. The molecular weight excluding hydrogens is 230 g/mol. The Morgan fingerprint density at radius 2 is 2.28 bits per heavy atom. The van der Waals surface area contributed by atoms with E-state index in [1.807, 2.05) is 32.0 Å². The molecular formula is C13H17N3O2. The van der Waals surface area contributed by atoms with E-state index in [2.05, 4.69) is 10.4 Å². The van der Waals surface area contributed by atoms with Crippen LogP contribution in [0, 0.1) is 6.92 Å². The van der Waals surface area contributed by atoms with E-state index in [1.165, 1.54) is 0 Å². The summed E-state index contributed by atoms with van der Waals surface area (Å²) in [5.74, 6) is 7.91. The van der Waals surface area contributed by atoms with Gasteiger partial charge in [-0.2, -0.15) is 0 Å². The smallest absolute Gasteiger partial charge is 0.137 e. The van der Waals surface area contributed by atoms with Crippen LogP contribution in [0.2, 0.25) is 0 Å². The molecule has 0 aliphatic carbocycles. The van der Waals surface area contributed by atoms with Gasteiger partial charge in [-0.1, -0.05) is 0 Å². The van der Waals surface area contributed by atoms with Crippen LogP contribution in [0.25, 0.3) is 0 Å². The highest BCUT2D eigenvalue weighted by molar-refractivity contribution is 5.30. The maximum absolute atomic E-state index is 5.59. The van der Waals surface area contributed by atoms with E-state index in [-0.39, 0.29) is 6.04 Å². The van der Waals surface area contributed by atoms with Gasteiger partial charge in [0.15, 0.2) is 0 Å². The maximum atomic E-state index is 5.59. The first-order valence-corrected chi connectivity index (χ1v) is 5.84. The average Bonchev–Trinajstić information content (AvgIpc) is 2.78. The third-order valence-electron chi connectivity index (χ3n) is 2.59. The molecule has 5 nitrogen and oxygen atoms in total. The lowest BCUT2D eigenvalue weighted by molar-refractivity contribution is 0.337. The van der Waals surface area contributed by atoms with Crippen molar-refractivity contribution in [1.29, 1.82) is 0 Å². The van der Waals surface area contributed by atoms with Crippen LogP contribution in [-0.2, 0) is 0 Å². The largest absolute Gasteiger partial charge is 0.492 e. The molecule has 2 heterocycles. The van der Waals surface area contributed by atoms with Crippen LogP contribution in [0.3, 0.4) is 0 Å². The molecule has 18 heavy (non-hydrogen) atoms. The van der Waals surface area contributed by atoms with E-state index in [1.54, 1.807) is 12.4 Å². The predicted molar refractivity (Wildman–Crippen MR) is 68.0 cm³/mol. The fraction of sp³-hybridized carbons (Fsp3) is 0.308. The van der Waals surface area contributed by atoms with Crippen LogP contribution in [0.4, 0.5) is 0 Å². The summed E-state index contributed by atoms with van der Waals surface area (Å²) >= 11 is 0. The number of aromatic nitrogens is 1. The number of nitrogens with zero attached hydrogens (tertiary/aromatic N) is 1. The normalized spacial score (nSPS) is 12.4. The minimum absolute atomic E-state index is 0.230. The summed E-state index contributed by atoms with van der Waals surface area (Å²) in [4.78, 5) is 4.14. The second-order valence-electron chi connectivity index (χ2n) is 3.94. The van der Waals surface area contributed by atoms with Crippen LogP contribution in [0.15, 0.2) is 35.0 Å². The molecule has 0 aliphatic heterocycles. The zero-order chi connectivity index (χ0) is 13.0. The Kier molecular flexibility index (Phi) is 3.96. The van der Waals surface area contributed by atoms with Crippen molar-refractivity contribution < 1.29 is 9.15 Å². The summed E-state index contributed by atoms with van der Waals surface area (Å²) in [7, 11) is 0. The molecule has 0 spiro atoms. The quantitative estimate of drug-likeness (QED) is 0.624. The lowest BCUT2D eigenvalue weighted by atomic mass is 10.1. The summed E-state index contributed by atoms with van der Waals surface area (Å²) < 4.78 is 11.0. The van der Waals surface area contributed by atoms with Crippen molar-refractivity contribution in [1.82, 2.24) is 10.4 Å². The van der Waals surface area contributed by atoms with E-state index in [4.69, 9.17) is 15.0 Å². The van der Waals surface area contributed by atoms with Gasteiger partial charge < -0.3 is 9.15 Å². The van der Waals surface area contributed by atoms with Gasteiger partial charge in [0.25, 0.3) is 0 Å². The zero-order valence-corrected chi connectivity index (χ0v) is 10.5. The minimum Gasteiger partial charge on any atom is -0.492 e. The minimum atomic E-state index is -0.230. The first kappa shape index (κ1) is 12.6. The molecule has 2 rings (SSSR count). The Labute approximate surface area is 106 Å². The zero-order valence-electron chi connectivity index (χ0n) is 10.5. The number of hydrazine groups is 1. The third kappa shape index (κ3) is 2.69. The summed E-state index contributed by atoms with van der Waals surface area (Å²) in [5.41, 5.74) is 3.63. The van der Waals surface area contributed by atoms with Crippen molar-refractivity contribution in [2.45, 2.75) is 19.9 Å². The SMILES string of the molecule is CCOc1cncc(C(NN)c2ccc(C)o2)c1. The molecule has 96 valence electrons. The molecule has 0 aromatic carbocycles. The number of aryl methyl sites for hydroxylation is 1. The molecule has 0 aliphatic rings. The van der Waals surface area contributed by atoms with Crippen LogP contribution < -0.4 is 16.0 Å². The summed E-state index contributed by atoms with van der Waals surface area (Å²) in [6.07, 6.45) is 3.42. The molecule has 2 aromatic heterocycles. The van der Waals surface area contributed by atoms with E-state index >= 15 is 0 Å². The Balaban J connectivity index is 2.29. The van der Waals surface area contributed by atoms with E-state index < -0.39 is 0 Å². The first-order valence-electron chi connectivity index (χ1n) is 5.84. The van der Waals surface area contributed by atoms with Crippen LogP contribution in [0.1, 0.15) is 30.0 Å². The number of nitrogens with one attached hydrogen (secondary N) is 1. The lowest BCUT2D eigenvalue weighted by Gasteiger charge is -2.14. The number of nitrogens with two attached hydrogens (primary N) is 1. The Hall–Kier alpha value is -1.85. The lowest BCUT2D eigenvalue weighted by Crippen LogP contribution is -2.28. The van der Waals surface area contributed by atoms with Gasteiger partial charge in [0.1, 0.15) is 23.3 Å². The van der Waals surface area contributed by atoms with Gasteiger partial charge in [0, 0.05) is 6.20 Å². The number of hydrogen-bond donors (Lipinski definition) is 2. The second kappa shape index (κ2) is 5.66. The number of hydrogen-bond acceptors (Lipinski definition) is 5. The van der Waals surface area contributed by atoms with Crippen LogP contribution >= 0.6 is 0 Å². The van der Waals surface area contributed by atoms with Gasteiger partial charge in [-0.3, -0.25) is 10.8 Å². The number of furan rings is 1. The molecule has 0 radical (unpaired) electrons. The molecule has 0 fully saturated rings. The molecule has 1 unspecified atom stereocenters. The van der Waals surface area contributed by atoms with Crippen molar-refractivity contribution >= 4 is 0 Å². The molecule has 3 N–H and O–H groups in total. The molecule has 0 saturated heterocycles. The molecule has 0 amide bonds. The van der Waals surface area contributed by atoms with Crippen molar-refractivity contribution in [2.24, 2.45) is 5.84 Å². The molecule has 5 heteroatoms. The van der Waals surface area contributed by atoms with Crippen LogP contribution in [0.5, 0.6) is 5.75 Å². The molecule has 1 atom stereocenters. The summed E-state index contributed by atoms with van der Waals surface area (Å²) in [6.45, 7) is 4.43. The topological polar surface area (TPSA) is 73.3 Å². The van der Waals surface area contributed by atoms with E-state index in [0.717, 1.165) is 22.8 Å². The fourth-order valence-corrected chi connectivity index (χ4v) is 1.79. The molecule has 0 bridgehead atoms. The Morgan fingerprint density at radius 1 is 1.44 bits per heavy atom. The standard InChI is InChI=1S/C13H17N3O2/c1-3-17-11-6-10(7-15-8-11)13(16-14)12-5-4-9(2)18-12/h4-8,13,16H,3,14H2,1-2H3. The second-order valence-corrected chi connectivity index (χ2v) is 3.94. The highest BCUT2D eigenvalue weighted by Crippen LogP contribution is 2.25. The number of pyridine rings is 1. The van der Waals surface area contributed by atoms with Crippen molar-refractivity contribution in [3.05, 3.63) is 47.7 Å². The predicted octanol–water partition coefficient (Wildman–Crippen LogP) is 1.93. The highest BCUT2D eigenvalue weighted by Gasteiger charge is 2.16. The highest BCUT2D eigenvalue weighted by atomic mass is 16.5. The van der Waals surface area contributed by atoms with Gasteiger partial charge in [0.05, 0.1) is 12.8 Å². The van der Waals surface area contributed by atoms with Crippen molar-refractivity contribution in [2.75, 3.05) is 6.61 Å². The Morgan fingerprint density at radius 3 is 2.89 bits per heavy atom. The summed E-state index contributed by atoms with van der Waals surface area (Å²) in [5, 5.41) is 0.